The van der Waals surface area contributed by atoms with Crippen LogP contribution < -0.4 is 5.32 Å². The molecule has 0 bridgehead atoms. The number of aliphatic carboxylic acids is 1. The smallest absolute Gasteiger partial charge is 0.407 e. The number of hydrogen-bond donors (Lipinski definition) is 2. The number of carbonyl (C=O) groups excluding carboxylic acids is 2. The molecule has 0 saturated carbocycles. The highest BCUT2D eigenvalue weighted by Gasteiger charge is 2.28. The molecule has 0 fully saturated rings. The van der Waals surface area contributed by atoms with E-state index in [1.165, 1.54) is 16.0 Å². The average molecular weight is 451 g/mol. The third-order valence-electron chi connectivity index (χ3n) is 5.71. The third-order valence-corrected chi connectivity index (χ3v) is 5.71. The molecule has 2 aromatic carbocycles. The number of alkyl carbamates (subject to hydrolysis) is 1. The lowest BCUT2D eigenvalue weighted by Crippen LogP contribution is -2.34. The zero-order valence-corrected chi connectivity index (χ0v) is 19.0. The first-order valence-electron chi connectivity index (χ1n) is 11.2. The highest BCUT2D eigenvalue weighted by molar-refractivity contribution is 5.93. The van der Waals surface area contributed by atoms with Crippen molar-refractivity contribution >= 4 is 18.0 Å². The zero-order chi connectivity index (χ0) is 23.8. The van der Waals surface area contributed by atoms with Gasteiger partial charge in [-0.15, -0.1) is 0 Å². The monoisotopic (exact) mass is 450 g/mol. The van der Waals surface area contributed by atoms with Gasteiger partial charge in [-0.05, 0) is 35.6 Å². The van der Waals surface area contributed by atoms with Gasteiger partial charge in [0.15, 0.2) is 0 Å². The Bertz CT molecular complexity index is 1000. The molecule has 0 radical (unpaired) electrons. The van der Waals surface area contributed by atoms with Gasteiger partial charge in [0.1, 0.15) is 6.61 Å². The first kappa shape index (κ1) is 24.0. The van der Waals surface area contributed by atoms with Gasteiger partial charge in [-0.1, -0.05) is 61.5 Å². The summed E-state index contributed by atoms with van der Waals surface area (Å²) in [4.78, 5) is 37.2. The summed E-state index contributed by atoms with van der Waals surface area (Å²) >= 11 is 0. The van der Waals surface area contributed by atoms with Crippen molar-refractivity contribution in [2.24, 2.45) is 0 Å². The molecule has 0 heterocycles. The topological polar surface area (TPSA) is 95.9 Å². The van der Waals surface area contributed by atoms with Gasteiger partial charge in [-0.3, -0.25) is 9.59 Å². The Labute approximate surface area is 194 Å². The molecule has 0 aromatic heterocycles. The number of ether oxygens (including phenoxy) is 1. The van der Waals surface area contributed by atoms with Crippen LogP contribution in [0.15, 0.2) is 60.2 Å². The summed E-state index contributed by atoms with van der Waals surface area (Å²) in [5.74, 6) is -1.19. The minimum Gasteiger partial charge on any atom is -0.481 e. The van der Waals surface area contributed by atoms with E-state index in [1.54, 1.807) is 13.0 Å². The summed E-state index contributed by atoms with van der Waals surface area (Å²) in [6.45, 7) is 4.60. The molecule has 2 aromatic rings. The Balaban J connectivity index is 1.53. The van der Waals surface area contributed by atoms with Gasteiger partial charge >= 0.3 is 12.1 Å². The van der Waals surface area contributed by atoms with Crippen LogP contribution in [-0.2, 0) is 14.3 Å². The number of carboxylic acid groups (broad SMARTS) is 1. The number of carbonyl (C=O) groups is 3. The first-order chi connectivity index (χ1) is 15.9. The lowest BCUT2D eigenvalue weighted by Gasteiger charge is -2.21. The fourth-order valence-electron chi connectivity index (χ4n) is 4.09. The maximum atomic E-state index is 12.6. The molecule has 174 valence electrons. The van der Waals surface area contributed by atoms with Gasteiger partial charge in [-0.2, -0.15) is 0 Å². The molecular formula is C26H30N2O5. The van der Waals surface area contributed by atoms with Crippen molar-refractivity contribution in [1.29, 1.82) is 0 Å². The Morgan fingerprint density at radius 1 is 1.03 bits per heavy atom. The average Bonchev–Trinajstić information content (AvgIpc) is 3.13. The van der Waals surface area contributed by atoms with Crippen molar-refractivity contribution < 1.29 is 24.2 Å². The molecule has 7 nitrogen and oxygen atoms in total. The van der Waals surface area contributed by atoms with E-state index >= 15 is 0 Å². The van der Waals surface area contributed by atoms with Crippen LogP contribution in [0.1, 0.15) is 43.7 Å². The second kappa shape index (κ2) is 11.3. The number of hydrogen-bond acceptors (Lipinski definition) is 4. The molecule has 1 aliphatic carbocycles. The predicted molar refractivity (Wildman–Crippen MR) is 126 cm³/mol. The number of fused-ring (bicyclic) bond motifs is 3. The van der Waals surface area contributed by atoms with E-state index in [4.69, 9.17) is 9.84 Å². The van der Waals surface area contributed by atoms with Crippen molar-refractivity contribution in [3.8, 4) is 11.1 Å². The third kappa shape index (κ3) is 6.00. The van der Waals surface area contributed by atoms with E-state index in [0.29, 0.717) is 12.1 Å². The van der Waals surface area contributed by atoms with Crippen LogP contribution in [0.2, 0.25) is 0 Å². The van der Waals surface area contributed by atoms with Gasteiger partial charge in [0.25, 0.3) is 0 Å². The Morgan fingerprint density at radius 2 is 1.64 bits per heavy atom. The van der Waals surface area contributed by atoms with Crippen LogP contribution in [0.25, 0.3) is 11.1 Å². The maximum Gasteiger partial charge on any atom is 0.407 e. The lowest BCUT2D eigenvalue weighted by molar-refractivity contribution is -0.138. The quantitative estimate of drug-likeness (QED) is 0.529. The zero-order valence-electron chi connectivity index (χ0n) is 19.0. The number of amides is 2. The van der Waals surface area contributed by atoms with Crippen LogP contribution in [-0.4, -0.2) is 54.2 Å². The molecule has 0 unspecified atom stereocenters. The molecule has 2 amide bonds. The SMILES string of the molecule is CCCN(CCC(=O)O)C(=O)/C(C)=C/CNC(=O)OCC1c2ccccc2-c2ccccc21. The number of rotatable bonds is 10. The molecule has 3 rings (SSSR count). The molecular weight excluding hydrogens is 420 g/mol. The van der Waals surface area contributed by atoms with Gasteiger partial charge in [0.2, 0.25) is 5.91 Å². The molecule has 0 atom stereocenters. The Hall–Kier alpha value is -3.61. The number of carboxylic acids is 1. The lowest BCUT2D eigenvalue weighted by atomic mass is 9.98. The van der Waals surface area contributed by atoms with Crippen LogP contribution in [0.5, 0.6) is 0 Å². The molecule has 33 heavy (non-hydrogen) atoms. The Kier molecular flexibility index (Phi) is 8.24. The Morgan fingerprint density at radius 3 is 2.21 bits per heavy atom. The highest BCUT2D eigenvalue weighted by Crippen LogP contribution is 2.44. The van der Waals surface area contributed by atoms with Crippen molar-refractivity contribution in [3.05, 3.63) is 71.3 Å². The summed E-state index contributed by atoms with van der Waals surface area (Å²) in [6.07, 6.45) is 1.70. The summed E-state index contributed by atoms with van der Waals surface area (Å²) in [7, 11) is 0. The summed E-state index contributed by atoms with van der Waals surface area (Å²) < 4.78 is 5.49. The van der Waals surface area contributed by atoms with Crippen LogP contribution in [0.4, 0.5) is 4.79 Å². The summed E-state index contributed by atoms with van der Waals surface area (Å²) in [5.41, 5.74) is 5.07. The van der Waals surface area contributed by atoms with E-state index in [1.807, 2.05) is 31.2 Å². The predicted octanol–water partition coefficient (Wildman–Crippen LogP) is 4.18. The van der Waals surface area contributed by atoms with E-state index in [-0.39, 0.29) is 37.9 Å². The standard InChI is InChI=1S/C26H30N2O5/c1-3-15-28(16-13-24(29)30)25(31)18(2)12-14-27-26(32)33-17-23-21-10-6-4-8-19(21)20-9-5-7-11-22(20)23/h4-12,23H,3,13-17H2,1-2H3,(H,27,32)(H,29,30)/b18-12+. The van der Waals surface area contributed by atoms with Crippen molar-refractivity contribution in [2.75, 3.05) is 26.2 Å². The van der Waals surface area contributed by atoms with Gasteiger partial charge in [0.05, 0.1) is 6.42 Å². The number of benzene rings is 2. The number of nitrogens with zero attached hydrogens (tertiary/aromatic N) is 1. The highest BCUT2D eigenvalue weighted by atomic mass is 16.5. The van der Waals surface area contributed by atoms with Crippen molar-refractivity contribution in [2.45, 2.75) is 32.6 Å². The van der Waals surface area contributed by atoms with E-state index in [9.17, 15) is 14.4 Å². The number of nitrogens with one attached hydrogen (secondary N) is 1. The van der Waals surface area contributed by atoms with Crippen LogP contribution >= 0.6 is 0 Å². The fraction of sp³-hybridized carbons (Fsp3) is 0.346. The van der Waals surface area contributed by atoms with E-state index < -0.39 is 12.1 Å². The van der Waals surface area contributed by atoms with Gasteiger partial charge < -0.3 is 20.1 Å². The first-order valence-corrected chi connectivity index (χ1v) is 11.2. The minimum absolute atomic E-state index is 0.0150. The largest absolute Gasteiger partial charge is 0.481 e. The van der Waals surface area contributed by atoms with Gasteiger partial charge in [0, 0.05) is 31.1 Å². The molecule has 0 spiro atoms. The summed E-state index contributed by atoms with van der Waals surface area (Å²) in [6, 6.07) is 16.3. The van der Waals surface area contributed by atoms with Crippen LogP contribution in [0.3, 0.4) is 0 Å². The van der Waals surface area contributed by atoms with E-state index in [0.717, 1.165) is 17.5 Å². The molecule has 1 aliphatic rings. The molecule has 2 N–H and O–H groups in total. The second-order valence-electron chi connectivity index (χ2n) is 8.03. The normalized spacial score (nSPS) is 12.6. The molecule has 7 heteroatoms. The minimum atomic E-state index is -0.942. The van der Waals surface area contributed by atoms with Gasteiger partial charge in [-0.25, -0.2) is 4.79 Å². The van der Waals surface area contributed by atoms with Crippen molar-refractivity contribution in [3.63, 3.8) is 0 Å². The fourth-order valence-corrected chi connectivity index (χ4v) is 4.09. The van der Waals surface area contributed by atoms with E-state index in [2.05, 4.69) is 29.6 Å². The second-order valence-corrected chi connectivity index (χ2v) is 8.03. The van der Waals surface area contributed by atoms with Crippen LogP contribution in [0, 0.1) is 0 Å². The van der Waals surface area contributed by atoms with Crippen molar-refractivity contribution in [1.82, 2.24) is 10.2 Å². The molecule has 0 aliphatic heterocycles. The maximum absolute atomic E-state index is 12.6. The molecule has 0 saturated heterocycles. The summed E-state index contributed by atoms with van der Waals surface area (Å²) in [5, 5.41) is 11.5.